The highest BCUT2D eigenvalue weighted by Gasteiger charge is 2.22. The zero-order chi connectivity index (χ0) is 19.8. The predicted molar refractivity (Wildman–Crippen MR) is 123 cm³/mol. The second kappa shape index (κ2) is 7.65. The van der Waals surface area contributed by atoms with Crippen LogP contribution >= 0.6 is 22.9 Å². The first-order chi connectivity index (χ1) is 14.2. The third-order valence-electron chi connectivity index (χ3n) is 5.47. The third-order valence-corrected chi connectivity index (χ3v) is 6.59. The van der Waals surface area contributed by atoms with Gasteiger partial charge in [-0.25, -0.2) is 9.97 Å². The van der Waals surface area contributed by atoms with E-state index < -0.39 is 0 Å². The van der Waals surface area contributed by atoms with E-state index in [2.05, 4.69) is 57.4 Å². The minimum Gasteiger partial charge on any atom is -0.368 e. The minimum atomic E-state index is 0.781. The lowest BCUT2D eigenvalue weighted by atomic mass is 10.0. The van der Waals surface area contributed by atoms with Crippen molar-refractivity contribution in [3.8, 4) is 11.1 Å². The summed E-state index contributed by atoms with van der Waals surface area (Å²) in [5.41, 5.74) is 4.89. The van der Waals surface area contributed by atoms with E-state index in [1.807, 2.05) is 18.2 Å². The number of halogens is 1. The van der Waals surface area contributed by atoms with Gasteiger partial charge >= 0.3 is 0 Å². The van der Waals surface area contributed by atoms with Gasteiger partial charge in [0.1, 0.15) is 17.0 Å². The molecule has 146 valence electrons. The highest BCUT2D eigenvalue weighted by atomic mass is 35.5. The number of piperazine rings is 1. The zero-order valence-corrected chi connectivity index (χ0v) is 17.7. The van der Waals surface area contributed by atoms with Crippen molar-refractivity contribution >= 4 is 44.7 Å². The Morgan fingerprint density at radius 3 is 2.45 bits per heavy atom. The van der Waals surface area contributed by atoms with Gasteiger partial charge in [-0.2, -0.15) is 0 Å². The molecule has 29 heavy (non-hydrogen) atoms. The van der Waals surface area contributed by atoms with Gasteiger partial charge < -0.3 is 9.80 Å². The third kappa shape index (κ3) is 3.56. The topological polar surface area (TPSA) is 32.3 Å². The molecule has 1 fully saturated rings. The zero-order valence-electron chi connectivity index (χ0n) is 16.2. The summed E-state index contributed by atoms with van der Waals surface area (Å²) >= 11 is 7.86. The minimum absolute atomic E-state index is 0.781. The highest BCUT2D eigenvalue weighted by Crippen LogP contribution is 2.38. The van der Waals surface area contributed by atoms with E-state index in [1.165, 1.54) is 22.4 Å². The fraction of sp³-hybridized carbons (Fsp3) is 0.217. The van der Waals surface area contributed by atoms with Crippen LogP contribution in [0.2, 0.25) is 5.02 Å². The van der Waals surface area contributed by atoms with Gasteiger partial charge in [0.2, 0.25) is 0 Å². The van der Waals surface area contributed by atoms with Crippen molar-refractivity contribution < 1.29 is 0 Å². The summed E-state index contributed by atoms with van der Waals surface area (Å²) in [7, 11) is 0. The molecule has 0 atom stereocenters. The average Bonchev–Trinajstić information content (AvgIpc) is 3.19. The number of aryl methyl sites for hydroxylation is 1. The number of anilines is 2. The summed E-state index contributed by atoms with van der Waals surface area (Å²) in [6.07, 6.45) is 1.69. The Morgan fingerprint density at radius 1 is 0.931 bits per heavy atom. The molecule has 0 radical (unpaired) electrons. The van der Waals surface area contributed by atoms with Crippen molar-refractivity contribution in [2.75, 3.05) is 36.0 Å². The van der Waals surface area contributed by atoms with Crippen molar-refractivity contribution in [3.05, 3.63) is 70.8 Å². The van der Waals surface area contributed by atoms with Gasteiger partial charge in [0, 0.05) is 47.8 Å². The number of benzene rings is 2. The van der Waals surface area contributed by atoms with Gasteiger partial charge in [0.25, 0.3) is 0 Å². The van der Waals surface area contributed by atoms with E-state index in [0.29, 0.717) is 0 Å². The molecule has 6 heteroatoms. The molecule has 2 aromatic heterocycles. The predicted octanol–water partition coefficient (Wildman–Crippen LogP) is 5.65. The first-order valence-electron chi connectivity index (χ1n) is 9.74. The molecule has 0 spiro atoms. The normalized spacial score (nSPS) is 14.6. The van der Waals surface area contributed by atoms with E-state index in [1.54, 1.807) is 17.7 Å². The van der Waals surface area contributed by atoms with Crippen LogP contribution in [0, 0.1) is 6.92 Å². The second-order valence-electron chi connectivity index (χ2n) is 7.35. The Hall–Kier alpha value is -2.63. The van der Waals surface area contributed by atoms with Crippen LogP contribution in [0.15, 0.2) is 60.2 Å². The molecule has 0 unspecified atom stereocenters. The molecule has 0 saturated carbocycles. The SMILES string of the molecule is Cc1ccc(-c2csc3ncnc(N4CCN(c5cccc(Cl)c5)CC4)c23)cc1. The standard InChI is InChI=1S/C23H21ClN4S/c1-16-5-7-17(8-6-16)20-14-29-23-21(20)22(25-15-26-23)28-11-9-27(10-12-28)19-4-2-3-18(24)13-19/h2-8,13-15H,9-12H2,1H3. The number of hydrogen-bond acceptors (Lipinski definition) is 5. The van der Waals surface area contributed by atoms with Gasteiger partial charge in [-0.1, -0.05) is 47.5 Å². The molecule has 1 saturated heterocycles. The van der Waals surface area contributed by atoms with E-state index in [-0.39, 0.29) is 0 Å². The van der Waals surface area contributed by atoms with E-state index in [9.17, 15) is 0 Å². The first-order valence-corrected chi connectivity index (χ1v) is 11.0. The molecule has 4 aromatic rings. The lowest BCUT2D eigenvalue weighted by Crippen LogP contribution is -2.46. The second-order valence-corrected chi connectivity index (χ2v) is 8.64. The Morgan fingerprint density at radius 2 is 1.69 bits per heavy atom. The largest absolute Gasteiger partial charge is 0.368 e. The van der Waals surface area contributed by atoms with E-state index in [0.717, 1.165) is 47.2 Å². The van der Waals surface area contributed by atoms with Crippen molar-refractivity contribution in [1.29, 1.82) is 0 Å². The molecular formula is C23H21ClN4S. The summed E-state index contributed by atoms with van der Waals surface area (Å²) < 4.78 is 0. The smallest absolute Gasteiger partial charge is 0.141 e. The summed E-state index contributed by atoms with van der Waals surface area (Å²) in [5.74, 6) is 1.04. The van der Waals surface area contributed by atoms with E-state index >= 15 is 0 Å². The van der Waals surface area contributed by atoms with Crippen LogP contribution in [-0.2, 0) is 0 Å². The maximum Gasteiger partial charge on any atom is 0.141 e. The average molecular weight is 421 g/mol. The quantitative estimate of drug-likeness (QED) is 0.429. The summed E-state index contributed by atoms with van der Waals surface area (Å²) in [6.45, 7) is 5.83. The van der Waals surface area contributed by atoms with Crippen molar-refractivity contribution in [2.45, 2.75) is 6.92 Å². The molecule has 1 aliphatic heterocycles. The fourth-order valence-electron chi connectivity index (χ4n) is 3.89. The molecule has 0 N–H and O–H groups in total. The van der Waals surface area contributed by atoms with Crippen LogP contribution in [0.3, 0.4) is 0 Å². The lowest BCUT2D eigenvalue weighted by molar-refractivity contribution is 0.649. The van der Waals surface area contributed by atoms with Crippen LogP contribution in [0.1, 0.15) is 5.56 Å². The molecule has 5 rings (SSSR count). The van der Waals surface area contributed by atoms with Gasteiger partial charge in [-0.3, -0.25) is 0 Å². The van der Waals surface area contributed by atoms with Crippen LogP contribution in [0.4, 0.5) is 11.5 Å². The first kappa shape index (κ1) is 18.4. The maximum atomic E-state index is 6.17. The van der Waals surface area contributed by atoms with E-state index in [4.69, 9.17) is 16.6 Å². The molecule has 0 aliphatic carbocycles. The number of nitrogens with zero attached hydrogens (tertiary/aromatic N) is 4. The molecule has 3 heterocycles. The Bertz CT molecular complexity index is 1150. The maximum absolute atomic E-state index is 6.17. The van der Waals surface area contributed by atoms with Crippen molar-refractivity contribution in [2.24, 2.45) is 0 Å². The molecule has 1 aliphatic rings. The Labute approximate surface area is 179 Å². The molecule has 0 amide bonds. The highest BCUT2D eigenvalue weighted by molar-refractivity contribution is 7.17. The Kier molecular flexibility index (Phi) is 4.86. The summed E-state index contributed by atoms with van der Waals surface area (Å²) in [4.78, 5) is 15.0. The van der Waals surface area contributed by atoms with Crippen molar-refractivity contribution in [3.63, 3.8) is 0 Å². The number of aromatic nitrogens is 2. The number of rotatable bonds is 3. The van der Waals surface area contributed by atoms with Crippen molar-refractivity contribution in [1.82, 2.24) is 9.97 Å². The number of fused-ring (bicyclic) bond motifs is 1. The van der Waals surface area contributed by atoms with Crippen LogP contribution in [0.25, 0.3) is 21.3 Å². The van der Waals surface area contributed by atoms with Crippen LogP contribution < -0.4 is 9.80 Å². The summed E-state index contributed by atoms with van der Waals surface area (Å²) in [6, 6.07) is 16.8. The van der Waals surface area contributed by atoms with Gasteiger partial charge in [0.05, 0.1) is 5.39 Å². The molecule has 2 aromatic carbocycles. The Balaban J connectivity index is 1.45. The number of hydrogen-bond donors (Lipinski definition) is 0. The van der Waals surface area contributed by atoms with Gasteiger partial charge in [0.15, 0.2) is 0 Å². The van der Waals surface area contributed by atoms with Crippen LogP contribution in [0.5, 0.6) is 0 Å². The molecular weight excluding hydrogens is 400 g/mol. The number of thiophene rings is 1. The summed E-state index contributed by atoms with van der Waals surface area (Å²) in [5, 5.41) is 4.15. The van der Waals surface area contributed by atoms with Gasteiger partial charge in [-0.15, -0.1) is 11.3 Å². The monoisotopic (exact) mass is 420 g/mol. The molecule has 4 nitrogen and oxygen atoms in total. The lowest BCUT2D eigenvalue weighted by Gasteiger charge is -2.37. The van der Waals surface area contributed by atoms with Crippen LogP contribution in [-0.4, -0.2) is 36.1 Å². The molecule has 0 bridgehead atoms. The fourth-order valence-corrected chi connectivity index (χ4v) is 4.99. The van der Waals surface area contributed by atoms with Gasteiger partial charge in [-0.05, 0) is 30.7 Å².